The van der Waals surface area contributed by atoms with Crippen LogP contribution in [-0.4, -0.2) is 48.3 Å². The molecule has 0 aromatic carbocycles. The second-order valence-electron chi connectivity index (χ2n) is 4.82. The van der Waals surface area contributed by atoms with Crippen LogP contribution in [0.5, 0.6) is 0 Å². The topological polar surface area (TPSA) is 35.5 Å². The highest BCUT2D eigenvalue weighted by Crippen LogP contribution is 2.29. The summed E-state index contributed by atoms with van der Waals surface area (Å²) in [6.07, 6.45) is 6.26. The molecule has 2 atom stereocenters. The number of hydrogen-bond donors (Lipinski definition) is 2. The van der Waals surface area contributed by atoms with Crippen molar-refractivity contribution < 1.29 is 5.11 Å². The fraction of sp³-hybridized carbons (Fsp3) is 1.00. The SMILES string of the molecule is CN(CCCO)C1CC2CCC(C1)N2. The molecule has 2 rings (SSSR count). The Hall–Kier alpha value is -0.120. The molecule has 0 aromatic rings. The molecule has 3 nitrogen and oxygen atoms in total. The van der Waals surface area contributed by atoms with E-state index >= 15 is 0 Å². The number of hydrogen-bond acceptors (Lipinski definition) is 3. The van der Waals surface area contributed by atoms with E-state index in [2.05, 4.69) is 17.3 Å². The van der Waals surface area contributed by atoms with Gasteiger partial charge < -0.3 is 15.3 Å². The average molecular weight is 198 g/mol. The molecular formula is C11H22N2O. The Kier molecular flexibility index (Phi) is 3.42. The number of rotatable bonds is 4. The van der Waals surface area contributed by atoms with Crippen molar-refractivity contribution in [2.45, 2.75) is 50.2 Å². The van der Waals surface area contributed by atoms with Crippen LogP contribution < -0.4 is 5.32 Å². The van der Waals surface area contributed by atoms with E-state index in [1.807, 2.05) is 0 Å². The Labute approximate surface area is 86.5 Å². The Morgan fingerprint density at radius 1 is 1.29 bits per heavy atom. The maximum absolute atomic E-state index is 8.79. The minimum absolute atomic E-state index is 0.322. The Morgan fingerprint density at radius 3 is 2.50 bits per heavy atom. The van der Waals surface area contributed by atoms with Gasteiger partial charge in [0.1, 0.15) is 0 Å². The van der Waals surface area contributed by atoms with Gasteiger partial charge in [0.15, 0.2) is 0 Å². The molecule has 0 spiro atoms. The molecule has 14 heavy (non-hydrogen) atoms. The molecule has 3 heteroatoms. The fourth-order valence-corrected chi connectivity index (χ4v) is 2.89. The first-order valence-electron chi connectivity index (χ1n) is 5.86. The first-order valence-corrected chi connectivity index (χ1v) is 5.86. The first-order chi connectivity index (χ1) is 6.79. The summed E-state index contributed by atoms with van der Waals surface area (Å²) in [4.78, 5) is 2.43. The van der Waals surface area contributed by atoms with Gasteiger partial charge in [-0.1, -0.05) is 0 Å². The predicted octanol–water partition coefficient (Wildman–Crippen LogP) is 0.584. The molecule has 2 saturated heterocycles. The molecule has 0 saturated carbocycles. The van der Waals surface area contributed by atoms with Gasteiger partial charge in [-0.3, -0.25) is 0 Å². The minimum atomic E-state index is 0.322. The van der Waals surface area contributed by atoms with E-state index in [0.29, 0.717) is 6.61 Å². The molecule has 2 bridgehead atoms. The smallest absolute Gasteiger partial charge is 0.0443 e. The van der Waals surface area contributed by atoms with E-state index in [1.165, 1.54) is 25.7 Å². The molecule has 0 aliphatic carbocycles. The van der Waals surface area contributed by atoms with Gasteiger partial charge >= 0.3 is 0 Å². The molecule has 82 valence electrons. The average Bonchev–Trinajstić information content (AvgIpc) is 2.54. The van der Waals surface area contributed by atoms with E-state index in [0.717, 1.165) is 31.1 Å². The number of piperidine rings is 1. The van der Waals surface area contributed by atoms with Gasteiger partial charge in [-0.2, -0.15) is 0 Å². The van der Waals surface area contributed by atoms with Crippen molar-refractivity contribution in [3.8, 4) is 0 Å². The minimum Gasteiger partial charge on any atom is -0.396 e. The highest BCUT2D eigenvalue weighted by molar-refractivity contribution is 4.95. The molecule has 0 amide bonds. The zero-order valence-corrected chi connectivity index (χ0v) is 9.08. The van der Waals surface area contributed by atoms with Gasteiger partial charge in [0, 0.05) is 31.3 Å². The van der Waals surface area contributed by atoms with Gasteiger partial charge in [-0.05, 0) is 39.2 Å². The monoisotopic (exact) mass is 198 g/mol. The number of aliphatic hydroxyl groups excluding tert-OH is 1. The standard InChI is InChI=1S/C11H22N2O/c1-13(5-2-6-14)11-7-9-3-4-10(8-11)12-9/h9-12,14H,2-8H2,1H3. The number of nitrogens with one attached hydrogen (secondary N) is 1. The lowest BCUT2D eigenvalue weighted by molar-refractivity contribution is 0.158. The zero-order valence-electron chi connectivity index (χ0n) is 9.08. The molecule has 2 aliphatic heterocycles. The highest BCUT2D eigenvalue weighted by Gasteiger charge is 2.34. The maximum atomic E-state index is 8.79. The molecule has 0 radical (unpaired) electrons. The van der Waals surface area contributed by atoms with Crippen molar-refractivity contribution in [1.29, 1.82) is 0 Å². The van der Waals surface area contributed by atoms with Crippen LogP contribution in [0.1, 0.15) is 32.1 Å². The predicted molar refractivity (Wildman–Crippen MR) is 57.3 cm³/mol. The summed E-state index contributed by atoms with van der Waals surface area (Å²) in [5.41, 5.74) is 0. The fourth-order valence-electron chi connectivity index (χ4n) is 2.89. The summed E-state index contributed by atoms with van der Waals surface area (Å²) < 4.78 is 0. The maximum Gasteiger partial charge on any atom is 0.0443 e. The molecule has 2 N–H and O–H groups in total. The molecule has 0 aromatic heterocycles. The van der Waals surface area contributed by atoms with Gasteiger partial charge in [-0.25, -0.2) is 0 Å². The third-order valence-corrected chi connectivity index (χ3v) is 3.74. The summed E-state index contributed by atoms with van der Waals surface area (Å²) in [7, 11) is 2.20. The van der Waals surface area contributed by atoms with E-state index in [1.54, 1.807) is 0 Å². The molecular weight excluding hydrogens is 176 g/mol. The van der Waals surface area contributed by atoms with Crippen molar-refractivity contribution in [3.05, 3.63) is 0 Å². The first kappa shape index (κ1) is 10.4. The molecule has 2 aliphatic rings. The largest absolute Gasteiger partial charge is 0.396 e. The van der Waals surface area contributed by atoms with E-state index < -0.39 is 0 Å². The molecule has 2 fully saturated rings. The van der Waals surface area contributed by atoms with Crippen LogP contribution in [0.4, 0.5) is 0 Å². The third-order valence-electron chi connectivity index (χ3n) is 3.74. The van der Waals surface area contributed by atoms with Crippen LogP contribution in [0, 0.1) is 0 Å². The van der Waals surface area contributed by atoms with E-state index in [-0.39, 0.29) is 0 Å². The van der Waals surface area contributed by atoms with Crippen molar-refractivity contribution >= 4 is 0 Å². The number of fused-ring (bicyclic) bond motifs is 2. The normalized spacial score (nSPS) is 36.6. The summed E-state index contributed by atoms with van der Waals surface area (Å²) >= 11 is 0. The second kappa shape index (κ2) is 4.60. The van der Waals surface area contributed by atoms with Crippen LogP contribution in [0.15, 0.2) is 0 Å². The quantitative estimate of drug-likeness (QED) is 0.694. The molecule has 2 unspecified atom stereocenters. The van der Waals surface area contributed by atoms with Crippen LogP contribution in [0.3, 0.4) is 0 Å². The lowest BCUT2D eigenvalue weighted by atomic mass is 9.98. The van der Waals surface area contributed by atoms with Gasteiger partial charge in [0.25, 0.3) is 0 Å². The van der Waals surface area contributed by atoms with Crippen LogP contribution >= 0.6 is 0 Å². The Bertz CT molecular complexity index is 174. The summed E-state index contributed by atoms with van der Waals surface area (Å²) in [5, 5.41) is 12.4. The van der Waals surface area contributed by atoms with Crippen LogP contribution in [-0.2, 0) is 0 Å². The Morgan fingerprint density at radius 2 is 1.93 bits per heavy atom. The van der Waals surface area contributed by atoms with Crippen molar-refractivity contribution in [3.63, 3.8) is 0 Å². The lowest BCUT2D eigenvalue weighted by Crippen LogP contribution is -2.47. The van der Waals surface area contributed by atoms with Crippen molar-refractivity contribution in [2.75, 3.05) is 20.2 Å². The summed E-state index contributed by atoms with van der Waals surface area (Å²) in [6.45, 7) is 1.36. The van der Waals surface area contributed by atoms with Crippen molar-refractivity contribution in [1.82, 2.24) is 10.2 Å². The van der Waals surface area contributed by atoms with E-state index in [4.69, 9.17) is 5.11 Å². The number of nitrogens with zero attached hydrogens (tertiary/aromatic N) is 1. The van der Waals surface area contributed by atoms with Crippen LogP contribution in [0.2, 0.25) is 0 Å². The Balaban J connectivity index is 1.80. The summed E-state index contributed by atoms with van der Waals surface area (Å²) in [5.74, 6) is 0. The van der Waals surface area contributed by atoms with E-state index in [9.17, 15) is 0 Å². The second-order valence-corrected chi connectivity index (χ2v) is 4.82. The highest BCUT2D eigenvalue weighted by atomic mass is 16.3. The van der Waals surface area contributed by atoms with Gasteiger partial charge in [0.05, 0.1) is 0 Å². The van der Waals surface area contributed by atoms with Gasteiger partial charge in [0.2, 0.25) is 0 Å². The van der Waals surface area contributed by atoms with Crippen molar-refractivity contribution in [2.24, 2.45) is 0 Å². The van der Waals surface area contributed by atoms with Crippen LogP contribution in [0.25, 0.3) is 0 Å². The molecule has 2 heterocycles. The lowest BCUT2D eigenvalue weighted by Gasteiger charge is -2.35. The third kappa shape index (κ3) is 2.27. The zero-order chi connectivity index (χ0) is 9.97. The summed E-state index contributed by atoms with van der Waals surface area (Å²) in [6, 6.07) is 2.30. The van der Waals surface area contributed by atoms with Gasteiger partial charge in [-0.15, -0.1) is 0 Å². The number of aliphatic hydroxyl groups is 1.